The van der Waals surface area contributed by atoms with Crippen LogP contribution in [0.2, 0.25) is 0 Å². The molecule has 2 fully saturated rings. The van der Waals surface area contributed by atoms with Gasteiger partial charge in [0.15, 0.2) is 5.96 Å². The third-order valence-corrected chi connectivity index (χ3v) is 5.93. The van der Waals surface area contributed by atoms with Gasteiger partial charge in [-0.05, 0) is 63.1 Å². The second-order valence-electron chi connectivity index (χ2n) is 7.86. The van der Waals surface area contributed by atoms with Crippen molar-refractivity contribution in [2.45, 2.75) is 39.5 Å². The minimum atomic E-state index is 0.735. The van der Waals surface area contributed by atoms with Gasteiger partial charge in [-0.2, -0.15) is 0 Å². The highest BCUT2D eigenvalue weighted by Gasteiger charge is 2.24. The molecule has 1 aromatic carbocycles. The minimum Gasteiger partial charge on any atom is -0.357 e. The fraction of sp³-hybridized carbons (Fsp3) is 0.682. The van der Waals surface area contributed by atoms with Crippen LogP contribution in [0.4, 0.5) is 0 Å². The minimum absolute atomic E-state index is 0.735. The maximum Gasteiger partial charge on any atom is 0.193 e. The van der Waals surface area contributed by atoms with E-state index in [0.717, 1.165) is 44.0 Å². The summed E-state index contributed by atoms with van der Waals surface area (Å²) >= 11 is 0. The number of hydrogen-bond donors (Lipinski definition) is 1. The first kappa shape index (κ1) is 19.2. The number of hydrogen-bond acceptors (Lipinski definition) is 2. The summed E-state index contributed by atoms with van der Waals surface area (Å²) in [6.45, 7) is 12.3. The summed E-state index contributed by atoms with van der Waals surface area (Å²) in [7, 11) is 0. The van der Waals surface area contributed by atoms with E-state index in [1.807, 2.05) is 0 Å². The van der Waals surface area contributed by atoms with Crippen LogP contribution < -0.4 is 5.32 Å². The molecule has 0 amide bonds. The molecule has 144 valence electrons. The Morgan fingerprint density at radius 3 is 2.42 bits per heavy atom. The van der Waals surface area contributed by atoms with Crippen molar-refractivity contribution in [3.05, 3.63) is 35.9 Å². The maximum atomic E-state index is 5.00. The van der Waals surface area contributed by atoms with Gasteiger partial charge in [0, 0.05) is 32.7 Å². The van der Waals surface area contributed by atoms with Crippen molar-refractivity contribution < 1.29 is 0 Å². The smallest absolute Gasteiger partial charge is 0.193 e. The molecule has 4 heteroatoms. The highest BCUT2D eigenvalue weighted by Crippen LogP contribution is 2.22. The molecule has 3 rings (SSSR count). The van der Waals surface area contributed by atoms with Gasteiger partial charge in [0.2, 0.25) is 0 Å². The van der Waals surface area contributed by atoms with E-state index in [2.05, 4.69) is 59.3 Å². The Hall–Kier alpha value is -1.55. The van der Waals surface area contributed by atoms with Gasteiger partial charge >= 0.3 is 0 Å². The van der Waals surface area contributed by atoms with Crippen molar-refractivity contribution in [1.82, 2.24) is 15.1 Å². The van der Waals surface area contributed by atoms with E-state index in [0.29, 0.717) is 0 Å². The third kappa shape index (κ3) is 5.47. The highest BCUT2D eigenvalue weighted by molar-refractivity contribution is 5.80. The van der Waals surface area contributed by atoms with Crippen LogP contribution >= 0.6 is 0 Å². The van der Waals surface area contributed by atoms with E-state index in [4.69, 9.17) is 4.99 Å². The molecule has 1 aromatic rings. The zero-order valence-electron chi connectivity index (χ0n) is 16.7. The van der Waals surface area contributed by atoms with E-state index in [1.54, 1.807) is 0 Å². The number of nitrogens with one attached hydrogen (secondary N) is 1. The molecule has 0 bridgehead atoms. The molecular formula is C22H36N4. The summed E-state index contributed by atoms with van der Waals surface area (Å²) in [6, 6.07) is 10.9. The van der Waals surface area contributed by atoms with Crippen LogP contribution in [0.25, 0.3) is 0 Å². The zero-order valence-corrected chi connectivity index (χ0v) is 16.7. The van der Waals surface area contributed by atoms with Crippen LogP contribution in [0.1, 0.15) is 38.7 Å². The third-order valence-electron chi connectivity index (χ3n) is 5.93. The average Bonchev–Trinajstić information content (AvgIpc) is 3.15. The Bertz CT molecular complexity index is 549. The number of nitrogens with zero attached hydrogens (tertiary/aromatic N) is 3. The lowest BCUT2D eigenvalue weighted by molar-refractivity contribution is 0.258. The number of rotatable bonds is 6. The molecule has 0 aliphatic carbocycles. The molecule has 0 spiro atoms. The predicted octanol–water partition coefficient (Wildman–Crippen LogP) is 3.25. The number of benzene rings is 1. The normalized spacial score (nSPS) is 22.8. The molecular weight excluding hydrogens is 320 g/mol. The number of aliphatic imine (C=N–C) groups is 1. The van der Waals surface area contributed by atoms with Crippen LogP contribution in [-0.4, -0.2) is 61.6 Å². The number of piperidine rings is 1. The lowest BCUT2D eigenvalue weighted by Crippen LogP contribution is -2.46. The van der Waals surface area contributed by atoms with Gasteiger partial charge < -0.3 is 15.1 Å². The van der Waals surface area contributed by atoms with E-state index < -0.39 is 0 Å². The topological polar surface area (TPSA) is 30.9 Å². The van der Waals surface area contributed by atoms with Crippen molar-refractivity contribution in [3.8, 4) is 0 Å². The lowest BCUT2D eigenvalue weighted by atomic mass is 9.90. The van der Waals surface area contributed by atoms with Crippen molar-refractivity contribution in [1.29, 1.82) is 0 Å². The van der Waals surface area contributed by atoms with Gasteiger partial charge in [-0.1, -0.05) is 37.3 Å². The quantitative estimate of drug-likeness (QED) is 0.627. The second kappa shape index (κ2) is 9.96. The Labute approximate surface area is 159 Å². The first-order valence-electron chi connectivity index (χ1n) is 10.6. The zero-order chi connectivity index (χ0) is 18.2. The van der Waals surface area contributed by atoms with Crippen molar-refractivity contribution in [3.63, 3.8) is 0 Å². The van der Waals surface area contributed by atoms with Crippen molar-refractivity contribution in [2.75, 3.05) is 45.8 Å². The van der Waals surface area contributed by atoms with Gasteiger partial charge in [-0.15, -0.1) is 0 Å². The summed E-state index contributed by atoms with van der Waals surface area (Å²) < 4.78 is 0. The van der Waals surface area contributed by atoms with E-state index in [-0.39, 0.29) is 0 Å². The van der Waals surface area contributed by atoms with E-state index >= 15 is 0 Å². The molecule has 2 aliphatic heterocycles. The van der Waals surface area contributed by atoms with Gasteiger partial charge in [0.1, 0.15) is 0 Å². The predicted molar refractivity (Wildman–Crippen MR) is 111 cm³/mol. The SMILES string of the molecule is CCNC(=NCC1CCN(CC)C1)N1CCC(Cc2ccccc2)CC1. The Balaban J connectivity index is 1.49. The van der Waals surface area contributed by atoms with Gasteiger partial charge in [0.25, 0.3) is 0 Å². The number of likely N-dealkylation sites (tertiary alicyclic amines) is 2. The summed E-state index contributed by atoms with van der Waals surface area (Å²) in [6.07, 6.45) is 5.06. The number of guanidine groups is 1. The standard InChI is InChI=1S/C22H36N4/c1-3-23-22(24-17-21-10-13-25(4-2)18-21)26-14-11-20(12-15-26)16-19-8-6-5-7-9-19/h5-9,20-21H,3-4,10-18H2,1-2H3,(H,23,24). The molecule has 1 unspecified atom stereocenters. The molecule has 1 N–H and O–H groups in total. The van der Waals surface area contributed by atoms with Crippen LogP contribution in [0.5, 0.6) is 0 Å². The van der Waals surface area contributed by atoms with Crippen LogP contribution in [0, 0.1) is 11.8 Å². The van der Waals surface area contributed by atoms with Crippen LogP contribution in [-0.2, 0) is 6.42 Å². The van der Waals surface area contributed by atoms with E-state index in [1.165, 1.54) is 50.9 Å². The second-order valence-corrected chi connectivity index (χ2v) is 7.86. The molecule has 0 saturated carbocycles. The summed E-state index contributed by atoms with van der Waals surface area (Å²) in [5, 5.41) is 3.53. The Morgan fingerprint density at radius 1 is 1.04 bits per heavy atom. The average molecular weight is 357 g/mol. The highest BCUT2D eigenvalue weighted by atomic mass is 15.3. The first-order valence-corrected chi connectivity index (χ1v) is 10.6. The fourth-order valence-electron chi connectivity index (χ4n) is 4.29. The monoisotopic (exact) mass is 356 g/mol. The Morgan fingerprint density at radius 2 is 1.77 bits per heavy atom. The molecule has 2 heterocycles. The summed E-state index contributed by atoms with van der Waals surface area (Å²) in [5.74, 6) is 2.68. The largest absolute Gasteiger partial charge is 0.357 e. The molecule has 26 heavy (non-hydrogen) atoms. The molecule has 1 atom stereocenters. The Kier molecular flexibility index (Phi) is 7.36. The molecule has 0 aromatic heterocycles. The van der Waals surface area contributed by atoms with Crippen LogP contribution in [0.15, 0.2) is 35.3 Å². The van der Waals surface area contributed by atoms with Gasteiger partial charge in [0.05, 0.1) is 0 Å². The summed E-state index contributed by atoms with van der Waals surface area (Å²) in [5.41, 5.74) is 1.48. The first-order chi connectivity index (χ1) is 12.8. The molecule has 2 saturated heterocycles. The van der Waals surface area contributed by atoms with E-state index in [9.17, 15) is 0 Å². The van der Waals surface area contributed by atoms with Crippen molar-refractivity contribution >= 4 is 5.96 Å². The van der Waals surface area contributed by atoms with Gasteiger partial charge in [-0.3, -0.25) is 4.99 Å². The van der Waals surface area contributed by atoms with Crippen LogP contribution in [0.3, 0.4) is 0 Å². The molecule has 0 radical (unpaired) electrons. The van der Waals surface area contributed by atoms with Gasteiger partial charge in [-0.25, -0.2) is 0 Å². The van der Waals surface area contributed by atoms with Crippen molar-refractivity contribution in [2.24, 2.45) is 16.8 Å². The fourth-order valence-corrected chi connectivity index (χ4v) is 4.29. The molecule has 2 aliphatic rings. The molecule has 4 nitrogen and oxygen atoms in total. The summed E-state index contributed by atoms with van der Waals surface area (Å²) in [4.78, 5) is 10.0. The maximum absolute atomic E-state index is 5.00. The lowest BCUT2D eigenvalue weighted by Gasteiger charge is -2.34.